The van der Waals surface area contributed by atoms with E-state index in [-0.39, 0.29) is 0 Å². The van der Waals surface area contributed by atoms with Crippen LogP contribution >= 0.6 is 11.8 Å². The quantitative estimate of drug-likeness (QED) is 0.867. The first-order valence-electron chi connectivity index (χ1n) is 9.23. The molecule has 0 amide bonds. The Bertz CT molecular complexity index is 726. The minimum atomic E-state index is 0.317. The van der Waals surface area contributed by atoms with Crippen LogP contribution in [0.15, 0.2) is 18.2 Å². The van der Waals surface area contributed by atoms with Gasteiger partial charge in [-0.15, -0.1) is 0 Å². The molecule has 0 radical (unpaired) electrons. The van der Waals surface area contributed by atoms with Gasteiger partial charge in [0.1, 0.15) is 0 Å². The molecule has 1 aromatic carbocycles. The van der Waals surface area contributed by atoms with E-state index in [0.717, 1.165) is 31.7 Å². The molecular formula is C20H28N2OS. The SMILES string of the molecule is CCCN1CC(CO)C[C@@H]2c3cccc4[nH]c(CSC)c(c34)C[C@H]21. The Morgan fingerprint density at radius 1 is 1.38 bits per heavy atom. The van der Waals surface area contributed by atoms with Crippen LogP contribution in [0.5, 0.6) is 0 Å². The highest BCUT2D eigenvalue weighted by Gasteiger charge is 2.40. The van der Waals surface area contributed by atoms with Crippen LogP contribution in [0.3, 0.4) is 0 Å². The van der Waals surface area contributed by atoms with E-state index in [1.807, 2.05) is 11.8 Å². The summed E-state index contributed by atoms with van der Waals surface area (Å²) in [6.07, 6.45) is 5.66. The molecule has 1 aromatic heterocycles. The molecule has 4 rings (SSSR count). The predicted molar refractivity (Wildman–Crippen MR) is 103 cm³/mol. The Labute approximate surface area is 148 Å². The number of aromatic amines is 1. The molecule has 3 nitrogen and oxygen atoms in total. The average Bonchev–Trinajstić information content (AvgIpc) is 2.95. The number of benzene rings is 1. The van der Waals surface area contributed by atoms with E-state index < -0.39 is 0 Å². The Hall–Kier alpha value is -0.970. The maximum Gasteiger partial charge on any atom is 0.0471 e. The van der Waals surface area contributed by atoms with Crippen molar-refractivity contribution in [1.82, 2.24) is 9.88 Å². The molecule has 1 fully saturated rings. The lowest BCUT2D eigenvalue weighted by molar-refractivity contribution is 0.0571. The third-order valence-corrected chi connectivity index (χ3v) is 6.51. The van der Waals surface area contributed by atoms with Gasteiger partial charge >= 0.3 is 0 Å². The lowest BCUT2D eigenvalue weighted by Gasteiger charge is -2.47. The maximum atomic E-state index is 9.80. The van der Waals surface area contributed by atoms with Crippen molar-refractivity contribution in [2.75, 3.05) is 26.0 Å². The van der Waals surface area contributed by atoms with Gasteiger partial charge in [-0.1, -0.05) is 19.1 Å². The zero-order valence-electron chi connectivity index (χ0n) is 14.7. The molecule has 0 bridgehead atoms. The molecule has 2 heterocycles. The predicted octanol–water partition coefficient (Wildman–Crippen LogP) is 3.76. The molecule has 2 aliphatic rings. The molecule has 0 spiro atoms. The first-order valence-corrected chi connectivity index (χ1v) is 10.6. The number of hydrogen-bond donors (Lipinski definition) is 2. The number of aliphatic hydroxyl groups is 1. The van der Waals surface area contributed by atoms with Gasteiger partial charge in [-0.3, -0.25) is 4.90 Å². The topological polar surface area (TPSA) is 39.3 Å². The smallest absolute Gasteiger partial charge is 0.0471 e. The average molecular weight is 345 g/mol. The van der Waals surface area contributed by atoms with Crippen molar-refractivity contribution in [3.63, 3.8) is 0 Å². The number of thioether (sulfide) groups is 1. The Morgan fingerprint density at radius 3 is 3.00 bits per heavy atom. The van der Waals surface area contributed by atoms with Crippen molar-refractivity contribution < 1.29 is 5.11 Å². The second-order valence-electron chi connectivity index (χ2n) is 7.44. The summed E-state index contributed by atoms with van der Waals surface area (Å²) < 4.78 is 0. The van der Waals surface area contributed by atoms with Gasteiger partial charge in [0, 0.05) is 47.5 Å². The second kappa shape index (κ2) is 6.74. The summed E-state index contributed by atoms with van der Waals surface area (Å²) in [4.78, 5) is 6.35. The summed E-state index contributed by atoms with van der Waals surface area (Å²) in [5, 5.41) is 11.3. The third kappa shape index (κ3) is 2.59. The van der Waals surface area contributed by atoms with Crippen LogP contribution in [0.1, 0.15) is 42.5 Å². The normalized spacial score (nSPS) is 26.7. The number of piperidine rings is 1. The molecule has 3 atom stereocenters. The molecule has 2 N–H and O–H groups in total. The van der Waals surface area contributed by atoms with Gasteiger partial charge < -0.3 is 10.1 Å². The highest BCUT2D eigenvalue weighted by molar-refractivity contribution is 7.97. The number of nitrogens with one attached hydrogen (secondary N) is 1. The van der Waals surface area contributed by atoms with E-state index in [4.69, 9.17) is 0 Å². The van der Waals surface area contributed by atoms with Crippen molar-refractivity contribution >= 4 is 22.7 Å². The van der Waals surface area contributed by atoms with Crippen LogP contribution in [0.25, 0.3) is 10.9 Å². The molecule has 1 aliphatic heterocycles. The Kier molecular flexibility index (Phi) is 4.63. The minimum absolute atomic E-state index is 0.317. The van der Waals surface area contributed by atoms with Crippen LogP contribution in [-0.2, 0) is 12.2 Å². The van der Waals surface area contributed by atoms with E-state index in [2.05, 4.69) is 41.3 Å². The summed E-state index contributed by atoms with van der Waals surface area (Å²) in [6.45, 7) is 4.78. The maximum absolute atomic E-state index is 9.80. The summed E-state index contributed by atoms with van der Waals surface area (Å²) in [5.74, 6) is 2.05. The number of H-pyrrole nitrogens is 1. The molecule has 2 aromatic rings. The molecule has 1 unspecified atom stereocenters. The van der Waals surface area contributed by atoms with Crippen LogP contribution in [0.2, 0.25) is 0 Å². The Morgan fingerprint density at radius 2 is 2.25 bits per heavy atom. The van der Waals surface area contributed by atoms with Crippen molar-refractivity contribution in [2.45, 2.75) is 43.9 Å². The van der Waals surface area contributed by atoms with Crippen molar-refractivity contribution in [3.8, 4) is 0 Å². The van der Waals surface area contributed by atoms with Crippen LogP contribution in [0.4, 0.5) is 0 Å². The fourth-order valence-corrected chi connectivity index (χ4v) is 5.54. The number of aliphatic hydroxyl groups excluding tert-OH is 1. The van der Waals surface area contributed by atoms with E-state index in [1.165, 1.54) is 28.6 Å². The van der Waals surface area contributed by atoms with E-state index in [9.17, 15) is 5.11 Å². The van der Waals surface area contributed by atoms with Crippen molar-refractivity contribution in [2.24, 2.45) is 5.92 Å². The number of likely N-dealkylation sites (tertiary alicyclic amines) is 1. The summed E-state index contributed by atoms with van der Waals surface area (Å²) in [7, 11) is 0. The summed E-state index contributed by atoms with van der Waals surface area (Å²) in [5.41, 5.74) is 5.80. The largest absolute Gasteiger partial charge is 0.396 e. The van der Waals surface area contributed by atoms with Gasteiger partial charge in [-0.05, 0) is 55.2 Å². The van der Waals surface area contributed by atoms with Crippen LogP contribution < -0.4 is 0 Å². The summed E-state index contributed by atoms with van der Waals surface area (Å²) >= 11 is 1.90. The minimum Gasteiger partial charge on any atom is -0.396 e. The molecular weight excluding hydrogens is 316 g/mol. The Balaban J connectivity index is 1.81. The molecule has 130 valence electrons. The fourth-order valence-electron chi connectivity index (χ4n) is 5.01. The lowest BCUT2D eigenvalue weighted by atomic mass is 9.72. The highest BCUT2D eigenvalue weighted by atomic mass is 32.2. The zero-order chi connectivity index (χ0) is 16.7. The van der Waals surface area contributed by atoms with E-state index in [0.29, 0.717) is 24.5 Å². The van der Waals surface area contributed by atoms with E-state index in [1.54, 1.807) is 5.56 Å². The molecule has 24 heavy (non-hydrogen) atoms. The molecule has 0 saturated carbocycles. The van der Waals surface area contributed by atoms with Gasteiger partial charge in [-0.25, -0.2) is 0 Å². The zero-order valence-corrected chi connectivity index (χ0v) is 15.5. The highest BCUT2D eigenvalue weighted by Crippen LogP contribution is 2.46. The molecule has 1 saturated heterocycles. The van der Waals surface area contributed by atoms with Crippen LogP contribution in [-0.4, -0.2) is 47.0 Å². The number of hydrogen-bond acceptors (Lipinski definition) is 3. The van der Waals surface area contributed by atoms with Gasteiger partial charge in [-0.2, -0.15) is 11.8 Å². The van der Waals surface area contributed by atoms with E-state index >= 15 is 0 Å². The molecule has 1 aliphatic carbocycles. The number of rotatable bonds is 5. The molecule has 4 heteroatoms. The standard InChI is InChI=1S/C20H28N2OS/c1-3-7-22-10-13(11-23)8-15-14-5-4-6-17-20(14)16(9-19(15)22)18(21-17)12-24-2/h4-6,13,15,19,21,23H,3,7-12H2,1-2H3/t13?,15-,19-/m1/s1. The first kappa shape index (κ1) is 16.5. The van der Waals surface area contributed by atoms with Crippen molar-refractivity contribution in [1.29, 1.82) is 0 Å². The first-order chi connectivity index (χ1) is 11.8. The number of fused-ring (bicyclic) bond motifs is 2. The number of aromatic nitrogens is 1. The van der Waals surface area contributed by atoms with Crippen molar-refractivity contribution in [3.05, 3.63) is 35.0 Å². The van der Waals surface area contributed by atoms with Crippen LogP contribution in [0, 0.1) is 5.92 Å². The third-order valence-electron chi connectivity index (χ3n) is 5.93. The second-order valence-corrected chi connectivity index (χ2v) is 8.31. The number of nitrogens with zero attached hydrogens (tertiary/aromatic N) is 1. The fraction of sp³-hybridized carbons (Fsp3) is 0.600. The van der Waals surface area contributed by atoms with Gasteiger partial charge in [0.05, 0.1) is 0 Å². The van der Waals surface area contributed by atoms with Gasteiger partial charge in [0.2, 0.25) is 0 Å². The van der Waals surface area contributed by atoms with Gasteiger partial charge in [0.25, 0.3) is 0 Å². The summed E-state index contributed by atoms with van der Waals surface area (Å²) in [6, 6.07) is 7.36. The lowest BCUT2D eigenvalue weighted by Crippen LogP contribution is -2.50. The monoisotopic (exact) mass is 344 g/mol. The van der Waals surface area contributed by atoms with Gasteiger partial charge in [0.15, 0.2) is 0 Å².